The summed E-state index contributed by atoms with van der Waals surface area (Å²) in [6.45, 7) is 1.96. The molecule has 0 saturated heterocycles. The van der Waals surface area contributed by atoms with Crippen LogP contribution in [0.5, 0.6) is 0 Å². The van der Waals surface area contributed by atoms with E-state index in [9.17, 15) is 18.0 Å². The van der Waals surface area contributed by atoms with E-state index in [1.165, 1.54) is 0 Å². The van der Waals surface area contributed by atoms with Gasteiger partial charge in [-0.15, -0.1) is 0 Å². The molecular weight excluding hydrogens is 229 g/mol. The number of nitrogens with zero attached hydrogens (tertiary/aromatic N) is 1. The summed E-state index contributed by atoms with van der Waals surface area (Å²) >= 11 is 4.58. The van der Waals surface area contributed by atoms with Gasteiger partial charge in [0.2, 0.25) is 5.91 Å². The first-order valence-corrected chi connectivity index (χ1v) is 4.80. The van der Waals surface area contributed by atoms with Gasteiger partial charge in [0.15, 0.2) is 0 Å². The third-order valence-electron chi connectivity index (χ3n) is 1.71. The summed E-state index contributed by atoms with van der Waals surface area (Å²) in [6, 6.07) is 0. The molecule has 0 aromatic rings. The number of hydrogen-bond donors (Lipinski definition) is 1. The highest BCUT2D eigenvalue weighted by atomic mass is 32.1. The van der Waals surface area contributed by atoms with Crippen LogP contribution in [0.3, 0.4) is 0 Å². The van der Waals surface area contributed by atoms with Gasteiger partial charge in [-0.25, -0.2) is 0 Å². The summed E-state index contributed by atoms with van der Waals surface area (Å²) in [4.78, 5) is 12.4. The van der Waals surface area contributed by atoms with Crippen molar-refractivity contribution < 1.29 is 18.0 Å². The molecule has 1 amide bonds. The van der Waals surface area contributed by atoms with Crippen LogP contribution in [0.2, 0.25) is 0 Å². The molecule has 0 atom stereocenters. The van der Waals surface area contributed by atoms with Crippen molar-refractivity contribution in [2.75, 3.05) is 13.1 Å². The maximum Gasteiger partial charge on any atom is 0.397 e. The third kappa shape index (κ3) is 7.12. The predicted molar refractivity (Wildman–Crippen MR) is 54.3 cm³/mol. The Morgan fingerprint density at radius 2 is 2.00 bits per heavy atom. The molecule has 2 N–H and O–H groups in total. The smallest absolute Gasteiger partial charge is 0.393 e. The third-order valence-corrected chi connectivity index (χ3v) is 1.92. The maximum atomic E-state index is 11.9. The summed E-state index contributed by atoms with van der Waals surface area (Å²) < 4.78 is 35.7. The van der Waals surface area contributed by atoms with Crippen LogP contribution in [0.25, 0.3) is 0 Å². The minimum absolute atomic E-state index is 0.140. The van der Waals surface area contributed by atoms with Gasteiger partial charge in [-0.05, 0) is 6.92 Å². The van der Waals surface area contributed by atoms with Gasteiger partial charge in [-0.1, -0.05) is 12.2 Å². The second-order valence-electron chi connectivity index (χ2n) is 2.98. The molecule has 0 spiro atoms. The molecule has 0 saturated carbocycles. The lowest BCUT2D eigenvalue weighted by atomic mass is 10.3. The molecule has 7 heteroatoms. The van der Waals surface area contributed by atoms with Gasteiger partial charge < -0.3 is 10.6 Å². The van der Waals surface area contributed by atoms with Crippen LogP contribution in [-0.4, -0.2) is 35.1 Å². The second kappa shape index (κ2) is 5.89. The molecule has 0 radical (unpaired) electrons. The molecule has 0 aliphatic rings. The first kappa shape index (κ1) is 14.2. The van der Waals surface area contributed by atoms with Gasteiger partial charge in [-0.3, -0.25) is 4.79 Å². The Hall–Kier alpha value is -0.850. The molecule has 0 aromatic carbocycles. The number of thiocarbonyl (C=S) groups is 1. The minimum atomic E-state index is -4.46. The summed E-state index contributed by atoms with van der Waals surface area (Å²) in [7, 11) is 0. The fourth-order valence-electron chi connectivity index (χ4n) is 0.988. The zero-order chi connectivity index (χ0) is 12.1. The Morgan fingerprint density at radius 1 is 1.47 bits per heavy atom. The molecule has 0 fully saturated rings. The number of hydrogen-bond acceptors (Lipinski definition) is 2. The zero-order valence-corrected chi connectivity index (χ0v) is 9.12. The molecule has 15 heavy (non-hydrogen) atoms. The van der Waals surface area contributed by atoms with E-state index in [2.05, 4.69) is 12.2 Å². The minimum Gasteiger partial charge on any atom is -0.393 e. The Balaban J connectivity index is 4.16. The highest BCUT2D eigenvalue weighted by Crippen LogP contribution is 2.20. The zero-order valence-electron chi connectivity index (χ0n) is 8.30. The topological polar surface area (TPSA) is 46.3 Å². The number of nitrogens with two attached hydrogens (primary N) is 1. The van der Waals surface area contributed by atoms with E-state index >= 15 is 0 Å². The fourth-order valence-corrected chi connectivity index (χ4v) is 1.08. The van der Waals surface area contributed by atoms with Gasteiger partial charge in [-0.2, -0.15) is 13.2 Å². The van der Waals surface area contributed by atoms with E-state index < -0.39 is 18.5 Å². The SMILES string of the molecule is CCN(CCC(N)=S)C(=O)CC(F)(F)F. The number of carbonyl (C=O) groups excluding carboxylic acids is 1. The molecule has 0 aliphatic carbocycles. The molecule has 3 nitrogen and oxygen atoms in total. The molecule has 0 aromatic heterocycles. The van der Waals surface area contributed by atoms with Crippen LogP contribution in [0.1, 0.15) is 19.8 Å². The highest BCUT2D eigenvalue weighted by Gasteiger charge is 2.32. The van der Waals surface area contributed by atoms with E-state index in [0.29, 0.717) is 0 Å². The highest BCUT2D eigenvalue weighted by molar-refractivity contribution is 7.80. The van der Waals surface area contributed by atoms with Crippen molar-refractivity contribution in [3.8, 4) is 0 Å². The van der Waals surface area contributed by atoms with Crippen LogP contribution in [0, 0.1) is 0 Å². The Kier molecular flexibility index (Phi) is 5.56. The van der Waals surface area contributed by atoms with Crippen LogP contribution in [-0.2, 0) is 4.79 Å². The summed E-state index contributed by atoms with van der Waals surface area (Å²) in [6.07, 6.45) is -5.65. The Morgan fingerprint density at radius 3 is 2.33 bits per heavy atom. The van der Waals surface area contributed by atoms with Crippen molar-refractivity contribution in [2.45, 2.75) is 25.9 Å². The first-order chi connectivity index (χ1) is 6.76. The van der Waals surface area contributed by atoms with Crippen molar-refractivity contribution >= 4 is 23.1 Å². The summed E-state index contributed by atoms with van der Waals surface area (Å²) in [5, 5.41) is 0. The molecule has 0 heterocycles. The van der Waals surface area contributed by atoms with Gasteiger partial charge in [0.05, 0.1) is 4.99 Å². The molecular formula is C8H13F3N2OS. The van der Waals surface area contributed by atoms with Crippen LogP contribution in [0.4, 0.5) is 13.2 Å². The molecule has 0 unspecified atom stereocenters. The van der Waals surface area contributed by atoms with Crippen molar-refractivity contribution in [3.05, 3.63) is 0 Å². The number of carbonyl (C=O) groups is 1. The van der Waals surface area contributed by atoms with E-state index in [1.807, 2.05) is 0 Å². The van der Waals surface area contributed by atoms with Crippen LogP contribution < -0.4 is 5.73 Å². The van der Waals surface area contributed by atoms with Gasteiger partial charge >= 0.3 is 6.18 Å². The molecule has 0 rings (SSSR count). The van der Waals surface area contributed by atoms with E-state index in [1.54, 1.807) is 6.92 Å². The standard InChI is InChI=1S/C8H13F3N2OS/c1-2-13(4-3-6(12)15)7(14)5-8(9,10)11/h2-5H2,1H3,(H2,12,15). The average Bonchev–Trinajstić information content (AvgIpc) is 2.01. The second-order valence-corrected chi connectivity index (χ2v) is 3.51. The van der Waals surface area contributed by atoms with Crippen LogP contribution >= 0.6 is 12.2 Å². The predicted octanol–water partition coefficient (Wildman–Crippen LogP) is 1.46. The van der Waals surface area contributed by atoms with Crippen LogP contribution in [0.15, 0.2) is 0 Å². The number of rotatable bonds is 5. The normalized spacial score (nSPS) is 11.2. The molecule has 0 bridgehead atoms. The first-order valence-electron chi connectivity index (χ1n) is 4.39. The lowest BCUT2D eigenvalue weighted by Crippen LogP contribution is -2.36. The maximum absolute atomic E-state index is 11.9. The van der Waals surface area contributed by atoms with E-state index in [-0.39, 0.29) is 24.5 Å². The largest absolute Gasteiger partial charge is 0.397 e. The molecule has 88 valence electrons. The monoisotopic (exact) mass is 242 g/mol. The van der Waals surface area contributed by atoms with E-state index in [0.717, 1.165) is 4.90 Å². The Bertz CT molecular complexity index is 243. The van der Waals surface area contributed by atoms with Crippen molar-refractivity contribution in [3.63, 3.8) is 0 Å². The summed E-state index contributed by atoms with van der Waals surface area (Å²) in [5.41, 5.74) is 5.19. The lowest BCUT2D eigenvalue weighted by Gasteiger charge is -2.21. The lowest BCUT2D eigenvalue weighted by molar-refractivity contribution is -0.161. The van der Waals surface area contributed by atoms with Gasteiger partial charge in [0, 0.05) is 19.5 Å². The van der Waals surface area contributed by atoms with Gasteiger partial charge in [0.1, 0.15) is 6.42 Å². The summed E-state index contributed by atoms with van der Waals surface area (Å²) in [5.74, 6) is -0.943. The van der Waals surface area contributed by atoms with Crippen molar-refractivity contribution in [1.82, 2.24) is 4.90 Å². The number of halogens is 3. The Labute approximate surface area is 91.4 Å². The quantitative estimate of drug-likeness (QED) is 0.742. The van der Waals surface area contributed by atoms with E-state index in [4.69, 9.17) is 5.73 Å². The number of alkyl halides is 3. The van der Waals surface area contributed by atoms with Crippen molar-refractivity contribution in [1.29, 1.82) is 0 Å². The molecule has 0 aliphatic heterocycles. The van der Waals surface area contributed by atoms with Gasteiger partial charge in [0.25, 0.3) is 0 Å². The average molecular weight is 242 g/mol. The van der Waals surface area contributed by atoms with Crippen molar-refractivity contribution in [2.24, 2.45) is 5.73 Å². The fraction of sp³-hybridized carbons (Fsp3) is 0.750. The number of amides is 1.